The van der Waals surface area contributed by atoms with Crippen molar-refractivity contribution in [1.82, 2.24) is 14.9 Å². The van der Waals surface area contributed by atoms with Crippen LogP contribution >= 0.6 is 0 Å². The van der Waals surface area contributed by atoms with E-state index in [1.165, 1.54) is 0 Å². The van der Waals surface area contributed by atoms with Crippen molar-refractivity contribution in [3.05, 3.63) is 79.1 Å². The normalized spacial score (nSPS) is 17.4. The van der Waals surface area contributed by atoms with Crippen LogP contribution in [0.2, 0.25) is 0 Å². The van der Waals surface area contributed by atoms with Crippen molar-refractivity contribution in [2.45, 2.75) is 104 Å². The third-order valence-corrected chi connectivity index (χ3v) is 13.9. The molecule has 2 N–H and O–H groups in total. The lowest BCUT2D eigenvalue weighted by atomic mass is 9.86. The molecule has 2 aromatic heterocycles. The Bertz CT molecular complexity index is 2780. The number of carbonyl (C=O) groups is 4. The van der Waals surface area contributed by atoms with Gasteiger partial charge in [-0.2, -0.15) is 0 Å². The van der Waals surface area contributed by atoms with E-state index in [0.717, 1.165) is 33.2 Å². The van der Waals surface area contributed by atoms with Crippen molar-refractivity contribution in [3.63, 3.8) is 0 Å². The van der Waals surface area contributed by atoms with E-state index in [4.69, 9.17) is 57.1 Å². The number of cyclic esters (lactones) is 1. The predicted octanol–water partition coefficient (Wildman–Crippen LogP) is 4.80. The highest BCUT2D eigenvalue weighted by molar-refractivity contribution is 5.91. The maximum absolute atomic E-state index is 13.7. The van der Waals surface area contributed by atoms with Crippen molar-refractivity contribution < 1.29 is 76.4 Å². The Morgan fingerprint density at radius 2 is 1.36 bits per heavy atom. The third kappa shape index (κ3) is 13.2. The van der Waals surface area contributed by atoms with Gasteiger partial charge >= 0.3 is 17.9 Å². The second-order valence-corrected chi connectivity index (χ2v) is 18.8. The molecule has 20 heteroatoms. The van der Waals surface area contributed by atoms with Gasteiger partial charge in [-0.1, -0.05) is 13.8 Å². The van der Waals surface area contributed by atoms with Gasteiger partial charge in [0.1, 0.15) is 23.9 Å². The number of fused-ring (bicyclic) bond motifs is 6. The molecule has 2 aromatic carbocycles. The van der Waals surface area contributed by atoms with Crippen molar-refractivity contribution in [2.75, 3.05) is 99.5 Å². The van der Waals surface area contributed by atoms with E-state index < -0.39 is 29.1 Å². The Balaban J connectivity index is 0.825. The number of benzene rings is 2. The molecule has 2 atom stereocenters. The summed E-state index contributed by atoms with van der Waals surface area (Å²) in [6.07, 6.45) is 1.04. The summed E-state index contributed by atoms with van der Waals surface area (Å²) in [6, 6.07) is 6.75. The molecule has 0 bridgehead atoms. The zero-order valence-corrected chi connectivity index (χ0v) is 44.2. The quantitative estimate of drug-likeness (QED) is 0.0371. The lowest BCUT2D eigenvalue weighted by Crippen LogP contribution is -2.51. The molecule has 1 amide bonds. The topological polar surface area (TPSA) is 237 Å². The van der Waals surface area contributed by atoms with Crippen LogP contribution in [0.15, 0.2) is 29.1 Å². The molecule has 75 heavy (non-hydrogen) atoms. The van der Waals surface area contributed by atoms with E-state index in [1.54, 1.807) is 49.8 Å². The number of amides is 1. The Morgan fingerprint density at radius 1 is 0.760 bits per heavy atom. The van der Waals surface area contributed by atoms with E-state index in [0.29, 0.717) is 146 Å². The number of hydrogen-bond donors (Lipinski definition) is 2. The minimum atomic E-state index is -1.94. The Morgan fingerprint density at radius 3 is 1.96 bits per heavy atom. The highest BCUT2D eigenvalue weighted by Gasteiger charge is 2.46. The lowest BCUT2D eigenvalue weighted by Gasteiger charge is -2.37. The number of aliphatic hydroxyl groups is 1. The molecule has 5 heterocycles. The number of methoxy groups -OCH3 is 1. The molecule has 0 aliphatic carbocycles. The average Bonchev–Trinajstić information content (AvgIpc) is 3.78. The zero-order chi connectivity index (χ0) is 53.7. The van der Waals surface area contributed by atoms with Crippen LogP contribution in [0.5, 0.6) is 17.2 Å². The van der Waals surface area contributed by atoms with Crippen LogP contribution in [0.25, 0.3) is 22.3 Å². The fourth-order valence-corrected chi connectivity index (χ4v) is 9.47. The van der Waals surface area contributed by atoms with Crippen molar-refractivity contribution in [2.24, 2.45) is 0 Å². The fourth-order valence-electron chi connectivity index (χ4n) is 9.47. The number of carbonyl (C=O) groups excluding carboxylic acids is 4. The van der Waals surface area contributed by atoms with Crippen molar-refractivity contribution in [3.8, 4) is 28.6 Å². The van der Waals surface area contributed by atoms with Crippen LogP contribution in [0.4, 0.5) is 0 Å². The van der Waals surface area contributed by atoms with E-state index in [9.17, 15) is 29.1 Å². The number of hydrogen-bond acceptors (Lipinski definition) is 18. The summed E-state index contributed by atoms with van der Waals surface area (Å²) in [5.74, 6) is -1.04. The summed E-state index contributed by atoms with van der Waals surface area (Å²) in [6.45, 7) is 17.2. The summed E-state index contributed by atoms with van der Waals surface area (Å²) in [5.41, 5.74) is 3.47. The largest absolute Gasteiger partial charge is 0.477 e. The second kappa shape index (κ2) is 26.3. The first-order valence-electron chi connectivity index (χ1n) is 25.7. The first-order valence-corrected chi connectivity index (χ1v) is 25.7. The van der Waals surface area contributed by atoms with Crippen LogP contribution in [-0.4, -0.2) is 144 Å². The summed E-state index contributed by atoms with van der Waals surface area (Å²) in [4.78, 5) is 71.2. The standard InChI is InChI=1S/C55H71N3O17/c1-8-38-40-30-37(10-11-44(40)57-48-41(38)32-58-45(48)31-43-42(51(58)61)33-72-53(63)55(43,64)9-2)73-46(59)12-13-47(60)74-49-34(3)35(4)50-39(36(49)5)14-15-54(6,75-50)52(62)56-16-17-66-20-21-68-24-25-70-28-29-71-27-26-69-23-22-67-19-18-65-7/h10-11,30-31,64H,8-9,12-29,32-33H2,1-7H3,(H,56,62)/t54-,55-/m0/s1. The summed E-state index contributed by atoms with van der Waals surface area (Å²) in [5, 5.41) is 14.9. The number of aromatic nitrogens is 2. The van der Waals surface area contributed by atoms with E-state index in [-0.39, 0.29) is 60.8 Å². The summed E-state index contributed by atoms with van der Waals surface area (Å²) < 4.78 is 62.7. The summed E-state index contributed by atoms with van der Waals surface area (Å²) >= 11 is 0. The molecule has 20 nitrogen and oxygen atoms in total. The Labute approximate surface area is 436 Å². The van der Waals surface area contributed by atoms with E-state index >= 15 is 0 Å². The highest BCUT2D eigenvalue weighted by Crippen LogP contribution is 2.45. The molecular weight excluding hydrogens is 975 g/mol. The van der Waals surface area contributed by atoms with Gasteiger partial charge in [0.25, 0.3) is 11.5 Å². The molecule has 0 saturated heterocycles. The fraction of sp³-hybridized carbons (Fsp3) is 0.564. The number of ether oxygens (including phenoxy) is 11. The van der Waals surface area contributed by atoms with Crippen LogP contribution in [0, 0.1) is 20.8 Å². The SMILES string of the molecule is CCc1c2c(nc3ccc(OC(=O)CCC(=O)Oc4c(C)c(C)c5c(c4C)CC[C@@](C)(C(=O)NCCOCCOCCOCCOCCOCCOCCOC)O5)cc13)-c1cc3c(c(=O)n1C2)COC(=O)[C@]3(O)CC. The molecule has 0 fully saturated rings. The predicted molar refractivity (Wildman–Crippen MR) is 272 cm³/mol. The average molecular weight is 1050 g/mol. The maximum atomic E-state index is 13.7. The van der Waals surface area contributed by atoms with Gasteiger partial charge in [-0.25, -0.2) is 9.78 Å². The number of rotatable bonds is 29. The van der Waals surface area contributed by atoms with Gasteiger partial charge in [0.05, 0.1) is 128 Å². The highest BCUT2D eigenvalue weighted by atomic mass is 16.6. The van der Waals surface area contributed by atoms with Crippen molar-refractivity contribution >= 4 is 34.7 Å². The summed E-state index contributed by atoms with van der Waals surface area (Å²) in [7, 11) is 1.63. The van der Waals surface area contributed by atoms with Gasteiger partial charge < -0.3 is 67.1 Å². The number of nitrogens with one attached hydrogen (secondary N) is 1. The van der Waals surface area contributed by atoms with Gasteiger partial charge in [-0.15, -0.1) is 0 Å². The van der Waals surface area contributed by atoms with Gasteiger partial charge in [-0.05, 0) is 93.5 Å². The number of nitrogens with zero attached hydrogens (tertiary/aromatic N) is 2. The van der Waals surface area contributed by atoms with Gasteiger partial charge in [0, 0.05) is 42.2 Å². The maximum Gasteiger partial charge on any atom is 0.343 e. The number of aryl methyl sites for hydroxylation is 1. The van der Waals surface area contributed by atoms with Crippen LogP contribution in [0.3, 0.4) is 0 Å². The molecule has 3 aliphatic rings. The molecule has 0 radical (unpaired) electrons. The number of pyridine rings is 2. The molecule has 0 spiro atoms. The second-order valence-electron chi connectivity index (χ2n) is 18.8. The molecule has 7 rings (SSSR count). The van der Waals surface area contributed by atoms with Crippen LogP contribution < -0.4 is 25.1 Å². The van der Waals surface area contributed by atoms with Gasteiger partial charge in [0.15, 0.2) is 11.2 Å². The molecule has 0 saturated carbocycles. The van der Waals surface area contributed by atoms with Crippen molar-refractivity contribution in [1.29, 1.82) is 0 Å². The smallest absolute Gasteiger partial charge is 0.343 e. The molecule has 0 unspecified atom stereocenters. The minimum absolute atomic E-state index is 0.0392. The van der Waals surface area contributed by atoms with Crippen LogP contribution in [0.1, 0.15) is 91.0 Å². The molecule has 3 aliphatic heterocycles. The van der Waals surface area contributed by atoms with E-state index in [2.05, 4.69) is 5.32 Å². The Hall–Kier alpha value is -5.84. The zero-order valence-electron chi connectivity index (χ0n) is 44.2. The minimum Gasteiger partial charge on any atom is -0.477 e. The van der Waals surface area contributed by atoms with Gasteiger partial charge in [-0.3, -0.25) is 19.2 Å². The first kappa shape index (κ1) is 56.9. The molecule has 408 valence electrons. The van der Waals surface area contributed by atoms with E-state index in [1.807, 2.05) is 27.7 Å². The molecule has 4 aromatic rings. The third-order valence-electron chi connectivity index (χ3n) is 13.9. The lowest BCUT2D eigenvalue weighted by molar-refractivity contribution is -0.172. The van der Waals surface area contributed by atoms with Gasteiger partial charge in [0.2, 0.25) is 0 Å². The Kier molecular flexibility index (Phi) is 19.9. The monoisotopic (exact) mass is 1050 g/mol. The van der Waals surface area contributed by atoms with Crippen LogP contribution in [-0.2, 0) is 88.7 Å². The first-order chi connectivity index (χ1) is 36.1. The number of esters is 3. The molecular formula is C55H71N3O17.